The molecule has 1 aromatic rings. The van der Waals surface area contributed by atoms with Crippen molar-refractivity contribution in [3.63, 3.8) is 0 Å². The van der Waals surface area contributed by atoms with Gasteiger partial charge in [0.1, 0.15) is 0 Å². The minimum Gasteiger partial charge on any atom is -0.345 e. The van der Waals surface area contributed by atoms with Gasteiger partial charge < -0.3 is 10.6 Å². The summed E-state index contributed by atoms with van der Waals surface area (Å²) in [5.41, 5.74) is 0.743. The van der Waals surface area contributed by atoms with Gasteiger partial charge >= 0.3 is 11.8 Å². The van der Waals surface area contributed by atoms with E-state index in [4.69, 9.17) is 0 Å². The molecule has 1 aliphatic heterocycles. The molecule has 0 atom stereocenters. The van der Waals surface area contributed by atoms with Crippen LogP contribution in [0, 0.1) is 0 Å². The highest BCUT2D eigenvalue weighted by Crippen LogP contribution is 2.21. The minimum atomic E-state index is -3.43. The van der Waals surface area contributed by atoms with Gasteiger partial charge in [-0.2, -0.15) is 4.31 Å². The van der Waals surface area contributed by atoms with E-state index >= 15 is 0 Å². The number of benzene rings is 1. The van der Waals surface area contributed by atoms with E-state index in [1.54, 1.807) is 24.3 Å². The smallest absolute Gasteiger partial charge is 0.309 e. The summed E-state index contributed by atoms with van der Waals surface area (Å²) in [6, 6.07) is 6.53. The summed E-state index contributed by atoms with van der Waals surface area (Å²) < 4.78 is 26.4. The highest BCUT2D eigenvalue weighted by atomic mass is 32.2. The molecule has 26 heavy (non-hydrogen) atoms. The van der Waals surface area contributed by atoms with Gasteiger partial charge in [0, 0.05) is 25.7 Å². The molecule has 0 unspecified atom stereocenters. The predicted molar refractivity (Wildman–Crippen MR) is 96.7 cm³/mol. The monoisotopic (exact) mass is 379 g/mol. The van der Waals surface area contributed by atoms with Crippen LogP contribution in [-0.2, 0) is 26.2 Å². The quantitative estimate of drug-likeness (QED) is 0.750. The minimum absolute atomic E-state index is 0.100. The molecule has 1 saturated heterocycles. The molecule has 1 aliphatic carbocycles. The van der Waals surface area contributed by atoms with Crippen molar-refractivity contribution in [1.82, 2.24) is 14.9 Å². The van der Waals surface area contributed by atoms with Crippen LogP contribution in [-0.4, -0.2) is 43.7 Å². The molecule has 2 amide bonds. The normalized spacial score (nSPS) is 18.8. The number of rotatable bonds is 5. The van der Waals surface area contributed by atoms with E-state index in [1.807, 2.05) is 0 Å². The first-order valence-corrected chi connectivity index (χ1v) is 10.6. The number of sulfonamides is 1. The van der Waals surface area contributed by atoms with Gasteiger partial charge in [0.05, 0.1) is 4.90 Å². The highest BCUT2D eigenvalue weighted by molar-refractivity contribution is 7.89. The van der Waals surface area contributed by atoms with Crippen LogP contribution >= 0.6 is 0 Å². The molecule has 1 aromatic carbocycles. The lowest BCUT2D eigenvalue weighted by Crippen LogP contribution is -2.43. The third-order valence-corrected chi connectivity index (χ3v) is 6.89. The van der Waals surface area contributed by atoms with Crippen molar-refractivity contribution in [2.24, 2.45) is 0 Å². The Kier molecular flexibility index (Phi) is 5.93. The third kappa shape index (κ3) is 4.42. The molecular formula is C18H25N3O4S. The molecule has 3 rings (SSSR count). The summed E-state index contributed by atoms with van der Waals surface area (Å²) in [7, 11) is -3.43. The molecule has 0 aromatic heterocycles. The van der Waals surface area contributed by atoms with Crippen LogP contribution in [0.2, 0.25) is 0 Å². The lowest BCUT2D eigenvalue weighted by Gasteiger charge is -2.15. The second-order valence-electron chi connectivity index (χ2n) is 6.89. The van der Waals surface area contributed by atoms with Crippen molar-refractivity contribution in [2.75, 3.05) is 13.1 Å². The van der Waals surface area contributed by atoms with Crippen LogP contribution in [0.25, 0.3) is 0 Å². The van der Waals surface area contributed by atoms with E-state index in [0.29, 0.717) is 13.1 Å². The van der Waals surface area contributed by atoms with E-state index < -0.39 is 21.8 Å². The van der Waals surface area contributed by atoms with Crippen molar-refractivity contribution in [3.05, 3.63) is 29.8 Å². The average Bonchev–Trinajstić information content (AvgIpc) is 3.34. The molecule has 1 saturated carbocycles. The van der Waals surface area contributed by atoms with Gasteiger partial charge in [-0.15, -0.1) is 0 Å². The Hall–Kier alpha value is -1.93. The summed E-state index contributed by atoms with van der Waals surface area (Å²) in [6.07, 6.45) is 5.80. The number of carbonyl (C=O) groups excluding carboxylic acids is 2. The van der Waals surface area contributed by atoms with Crippen molar-refractivity contribution < 1.29 is 18.0 Å². The van der Waals surface area contributed by atoms with E-state index in [0.717, 1.165) is 44.1 Å². The van der Waals surface area contributed by atoms with Gasteiger partial charge in [0.15, 0.2) is 0 Å². The largest absolute Gasteiger partial charge is 0.345 e. The summed E-state index contributed by atoms with van der Waals surface area (Å²) in [5, 5.41) is 5.31. The van der Waals surface area contributed by atoms with Gasteiger partial charge in [0.25, 0.3) is 0 Å². The molecule has 2 fully saturated rings. The molecule has 7 nitrogen and oxygen atoms in total. The van der Waals surface area contributed by atoms with Crippen LogP contribution < -0.4 is 10.6 Å². The first-order chi connectivity index (χ1) is 12.5. The fourth-order valence-electron chi connectivity index (χ4n) is 3.44. The third-order valence-electron chi connectivity index (χ3n) is 4.98. The second-order valence-corrected chi connectivity index (χ2v) is 8.83. The summed E-state index contributed by atoms with van der Waals surface area (Å²) in [6.45, 7) is 1.31. The molecule has 2 aliphatic rings. The van der Waals surface area contributed by atoms with Gasteiger partial charge in [-0.1, -0.05) is 25.0 Å². The summed E-state index contributed by atoms with van der Waals surface area (Å²) in [5.74, 6) is -1.27. The van der Waals surface area contributed by atoms with Crippen molar-refractivity contribution >= 4 is 21.8 Å². The molecule has 1 heterocycles. The Bertz CT molecular complexity index is 749. The number of carbonyl (C=O) groups is 2. The van der Waals surface area contributed by atoms with Crippen LogP contribution in [0.1, 0.15) is 44.1 Å². The maximum absolute atomic E-state index is 12.5. The van der Waals surface area contributed by atoms with Crippen molar-refractivity contribution in [2.45, 2.75) is 56.0 Å². The van der Waals surface area contributed by atoms with Gasteiger partial charge in [-0.25, -0.2) is 8.42 Å². The Balaban J connectivity index is 1.52. The number of nitrogens with zero attached hydrogens (tertiary/aromatic N) is 1. The lowest BCUT2D eigenvalue weighted by atomic mass is 10.2. The average molecular weight is 379 g/mol. The first kappa shape index (κ1) is 18.8. The van der Waals surface area contributed by atoms with E-state index in [1.165, 1.54) is 4.31 Å². The van der Waals surface area contributed by atoms with Crippen molar-refractivity contribution in [3.8, 4) is 0 Å². The molecule has 0 radical (unpaired) electrons. The second kappa shape index (κ2) is 8.18. The fourth-order valence-corrected chi connectivity index (χ4v) is 4.96. The maximum Gasteiger partial charge on any atom is 0.309 e. The maximum atomic E-state index is 12.5. The predicted octanol–water partition coefficient (Wildman–Crippen LogP) is 1.15. The SMILES string of the molecule is O=C(NCc1ccc(S(=O)(=O)N2CCCC2)cc1)C(=O)NC1CCCC1. The zero-order valence-corrected chi connectivity index (χ0v) is 15.6. The summed E-state index contributed by atoms with van der Waals surface area (Å²) in [4.78, 5) is 24.0. The van der Waals surface area contributed by atoms with Gasteiger partial charge in [-0.05, 0) is 43.4 Å². The molecule has 142 valence electrons. The zero-order chi connectivity index (χ0) is 18.6. The van der Waals surface area contributed by atoms with Crippen LogP contribution in [0.4, 0.5) is 0 Å². The Labute approximate surface area is 154 Å². The fraction of sp³-hybridized carbons (Fsp3) is 0.556. The van der Waals surface area contributed by atoms with E-state index in [9.17, 15) is 18.0 Å². The van der Waals surface area contributed by atoms with Crippen LogP contribution in [0.15, 0.2) is 29.2 Å². The number of nitrogens with one attached hydrogen (secondary N) is 2. The first-order valence-electron chi connectivity index (χ1n) is 9.14. The highest BCUT2D eigenvalue weighted by Gasteiger charge is 2.27. The molecule has 0 bridgehead atoms. The van der Waals surface area contributed by atoms with Crippen molar-refractivity contribution in [1.29, 1.82) is 0 Å². The molecule has 0 spiro atoms. The number of amides is 2. The van der Waals surface area contributed by atoms with Gasteiger partial charge in [-0.3, -0.25) is 9.59 Å². The van der Waals surface area contributed by atoms with E-state index in [2.05, 4.69) is 10.6 Å². The summed E-state index contributed by atoms with van der Waals surface area (Å²) >= 11 is 0. The lowest BCUT2D eigenvalue weighted by molar-refractivity contribution is -0.139. The van der Waals surface area contributed by atoms with Crippen LogP contribution in [0.5, 0.6) is 0 Å². The zero-order valence-electron chi connectivity index (χ0n) is 14.7. The van der Waals surface area contributed by atoms with E-state index in [-0.39, 0.29) is 17.5 Å². The Morgan fingerprint density at radius 1 is 0.962 bits per heavy atom. The standard InChI is InChI=1S/C18H25N3O4S/c22-17(18(23)20-15-5-1-2-6-15)19-13-14-7-9-16(10-8-14)26(24,25)21-11-3-4-12-21/h7-10,15H,1-6,11-13H2,(H,19,22)(H,20,23). The molecular weight excluding hydrogens is 354 g/mol. The van der Waals surface area contributed by atoms with Gasteiger partial charge in [0.2, 0.25) is 10.0 Å². The number of hydrogen-bond acceptors (Lipinski definition) is 4. The Morgan fingerprint density at radius 3 is 2.19 bits per heavy atom. The van der Waals surface area contributed by atoms with Crippen LogP contribution in [0.3, 0.4) is 0 Å². The number of hydrogen-bond donors (Lipinski definition) is 2. The topological polar surface area (TPSA) is 95.6 Å². The molecule has 2 N–H and O–H groups in total. The molecule has 8 heteroatoms. The Morgan fingerprint density at radius 2 is 1.58 bits per heavy atom.